The number of halogens is 1. The van der Waals surface area contributed by atoms with Crippen molar-refractivity contribution < 1.29 is 0 Å². The predicted octanol–water partition coefficient (Wildman–Crippen LogP) is -0.216. The van der Waals surface area contributed by atoms with Gasteiger partial charge < -0.3 is 5.73 Å². The molecule has 1 aromatic rings. The van der Waals surface area contributed by atoms with Gasteiger partial charge in [0.1, 0.15) is 5.82 Å². The first-order valence-corrected chi connectivity index (χ1v) is 2.50. The molecule has 0 spiro atoms. The lowest BCUT2D eigenvalue weighted by molar-refractivity contribution is 0.714. The lowest BCUT2D eigenvalue weighted by Crippen LogP contribution is -2.18. The minimum atomic E-state index is -0.149. The zero-order valence-electron chi connectivity index (χ0n) is 5.44. The maximum absolute atomic E-state index is 10.6. The summed E-state index contributed by atoms with van der Waals surface area (Å²) in [6, 6.07) is 2.85. The average molecular weight is 162 g/mol. The predicted molar refractivity (Wildman–Crippen MR) is 41.1 cm³/mol. The van der Waals surface area contributed by atoms with Crippen LogP contribution >= 0.6 is 12.4 Å². The van der Waals surface area contributed by atoms with E-state index >= 15 is 0 Å². The molecule has 0 aromatic carbocycles. The summed E-state index contributed by atoms with van der Waals surface area (Å²) < 4.78 is 1.19. The van der Waals surface area contributed by atoms with Crippen LogP contribution in [-0.4, -0.2) is 9.78 Å². The number of nitrogen functional groups attached to an aromatic ring is 1. The molecule has 0 aliphatic heterocycles. The van der Waals surface area contributed by atoms with Crippen molar-refractivity contribution in [1.29, 1.82) is 0 Å². The van der Waals surface area contributed by atoms with Crippen molar-refractivity contribution in [3.8, 4) is 0 Å². The lowest BCUT2D eigenvalue weighted by Gasteiger charge is -1.93. The van der Waals surface area contributed by atoms with E-state index in [1.807, 2.05) is 0 Å². The molecule has 1 rings (SSSR count). The summed E-state index contributed by atoms with van der Waals surface area (Å²) in [7, 11) is 1.55. The van der Waals surface area contributed by atoms with Crippen LogP contribution in [0.1, 0.15) is 0 Å². The standard InChI is InChI=1S/C5H7N3O.ClH/c1-8-5(9)3-2-4(6)7-8;/h2-3H,1H3,(H2,6,7);1H. The van der Waals surface area contributed by atoms with Crippen molar-refractivity contribution >= 4 is 18.2 Å². The molecule has 1 aromatic heterocycles. The molecular formula is C5H8ClN3O. The molecule has 0 saturated carbocycles. The fourth-order valence-electron chi connectivity index (χ4n) is 0.520. The Balaban J connectivity index is 0.000000810. The van der Waals surface area contributed by atoms with Gasteiger partial charge in [0.25, 0.3) is 5.56 Å². The van der Waals surface area contributed by atoms with Gasteiger partial charge in [-0.15, -0.1) is 12.4 Å². The van der Waals surface area contributed by atoms with Gasteiger partial charge in [-0.05, 0) is 6.07 Å². The van der Waals surface area contributed by atoms with E-state index in [9.17, 15) is 4.79 Å². The Labute approximate surface area is 64.1 Å². The first kappa shape index (κ1) is 8.97. The van der Waals surface area contributed by atoms with E-state index < -0.39 is 0 Å². The highest BCUT2D eigenvalue weighted by molar-refractivity contribution is 5.85. The molecule has 0 radical (unpaired) electrons. The van der Waals surface area contributed by atoms with E-state index in [0.717, 1.165) is 0 Å². The van der Waals surface area contributed by atoms with E-state index in [1.54, 1.807) is 7.05 Å². The highest BCUT2D eigenvalue weighted by atomic mass is 35.5. The fourth-order valence-corrected chi connectivity index (χ4v) is 0.520. The van der Waals surface area contributed by atoms with Gasteiger partial charge in [0.2, 0.25) is 0 Å². The average Bonchev–Trinajstić information content (AvgIpc) is 1.80. The smallest absolute Gasteiger partial charge is 0.266 e. The zero-order chi connectivity index (χ0) is 6.85. The number of hydrogen-bond acceptors (Lipinski definition) is 3. The molecule has 0 amide bonds. The van der Waals surface area contributed by atoms with E-state index in [-0.39, 0.29) is 18.0 Å². The van der Waals surface area contributed by atoms with Crippen LogP contribution in [0.5, 0.6) is 0 Å². The van der Waals surface area contributed by atoms with Gasteiger partial charge in [0.05, 0.1) is 0 Å². The van der Waals surface area contributed by atoms with Crippen LogP contribution in [0.15, 0.2) is 16.9 Å². The van der Waals surface area contributed by atoms with Gasteiger partial charge in [-0.3, -0.25) is 4.79 Å². The van der Waals surface area contributed by atoms with E-state index in [4.69, 9.17) is 5.73 Å². The maximum Gasteiger partial charge on any atom is 0.266 e. The molecule has 0 fully saturated rings. The van der Waals surface area contributed by atoms with E-state index in [2.05, 4.69) is 5.10 Å². The van der Waals surface area contributed by atoms with Crippen LogP contribution in [-0.2, 0) is 7.05 Å². The highest BCUT2D eigenvalue weighted by Crippen LogP contribution is 1.85. The second kappa shape index (κ2) is 3.22. The molecule has 0 aliphatic carbocycles. The molecule has 2 N–H and O–H groups in total. The van der Waals surface area contributed by atoms with Gasteiger partial charge >= 0.3 is 0 Å². The van der Waals surface area contributed by atoms with Gasteiger partial charge in [0, 0.05) is 13.1 Å². The third kappa shape index (κ3) is 1.73. The molecular weight excluding hydrogens is 154 g/mol. The van der Waals surface area contributed by atoms with Crippen LogP contribution in [0.3, 0.4) is 0 Å². The first-order valence-electron chi connectivity index (χ1n) is 2.50. The second-order valence-electron chi connectivity index (χ2n) is 1.72. The van der Waals surface area contributed by atoms with Crippen LogP contribution in [0.2, 0.25) is 0 Å². The third-order valence-electron chi connectivity index (χ3n) is 0.981. The molecule has 5 heteroatoms. The summed E-state index contributed by atoms with van der Waals surface area (Å²) >= 11 is 0. The monoisotopic (exact) mass is 161 g/mol. The van der Waals surface area contributed by atoms with Gasteiger partial charge in [-0.25, -0.2) is 4.68 Å². The Morgan fingerprint density at radius 3 is 2.60 bits per heavy atom. The van der Waals surface area contributed by atoms with Crippen LogP contribution in [0, 0.1) is 0 Å². The Morgan fingerprint density at radius 1 is 1.60 bits per heavy atom. The van der Waals surface area contributed by atoms with Crippen molar-refractivity contribution in [3.63, 3.8) is 0 Å². The fraction of sp³-hybridized carbons (Fsp3) is 0.200. The van der Waals surface area contributed by atoms with Gasteiger partial charge in [-0.2, -0.15) is 5.10 Å². The molecule has 0 unspecified atom stereocenters. The number of rotatable bonds is 0. The molecule has 0 aliphatic rings. The number of nitrogens with two attached hydrogens (primary N) is 1. The van der Waals surface area contributed by atoms with Crippen LogP contribution in [0.4, 0.5) is 5.82 Å². The molecule has 0 bridgehead atoms. The number of aromatic nitrogens is 2. The van der Waals surface area contributed by atoms with Crippen molar-refractivity contribution in [2.75, 3.05) is 5.73 Å². The molecule has 10 heavy (non-hydrogen) atoms. The van der Waals surface area contributed by atoms with Crippen LogP contribution in [0.25, 0.3) is 0 Å². The van der Waals surface area contributed by atoms with E-state index in [1.165, 1.54) is 16.8 Å². The quantitative estimate of drug-likeness (QED) is 0.573. The topological polar surface area (TPSA) is 60.9 Å². The second-order valence-corrected chi connectivity index (χ2v) is 1.72. The van der Waals surface area contributed by atoms with Crippen molar-refractivity contribution in [2.24, 2.45) is 7.05 Å². The Morgan fingerprint density at radius 2 is 2.20 bits per heavy atom. The largest absolute Gasteiger partial charge is 0.382 e. The third-order valence-corrected chi connectivity index (χ3v) is 0.981. The summed E-state index contributed by atoms with van der Waals surface area (Å²) in [5, 5.41) is 3.66. The summed E-state index contributed by atoms with van der Waals surface area (Å²) in [5.74, 6) is 0.358. The summed E-state index contributed by atoms with van der Waals surface area (Å²) in [6.45, 7) is 0. The number of anilines is 1. The van der Waals surface area contributed by atoms with Gasteiger partial charge in [0.15, 0.2) is 0 Å². The summed E-state index contributed by atoms with van der Waals surface area (Å²) in [5.41, 5.74) is 5.11. The summed E-state index contributed by atoms with van der Waals surface area (Å²) in [6.07, 6.45) is 0. The highest BCUT2D eigenvalue weighted by Gasteiger charge is 1.88. The zero-order valence-corrected chi connectivity index (χ0v) is 6.26. The van der Waals surface area contributed by atoms with E-state index in [0.29, 0.717) is 5.82 Å². The molecule has 1 heterocycles. The molecule has 4 nitrogen and oxygen atoms in total. The minimum absolute atomic E-state index is 0. The number of hydrogen-bond donors (Lipinski definition) is 1. The van der Waals surface area contributed by atoms with Crippen LogP contribution < -0.4 is 11.3 Å². The normalized spacial score (nSPS) is 8.50. The number of aryl methyl sites for hydroxylation is 1. The first-order chi connectivity index (χ1) is 4.20. The lowest BCUT2D eigenvalue weighted by atomic mass is 10.5. The van der Waals surface area contributed by atoms with Gasteiger partial charge in [-0.1, -0.05) is 0 Å². The van der Waals surface area contributed by atoms with Crippen molar-refractivity contribution in [2.45, 2.75) is 0 Å². The Bertz CT molecular complexity index is 270. The van der Waals surface area contributed by atoms with Crippen molar-refractivity contribution in [1.82, 2.24) is 9.78 Å². The van der Waals surface area contributed by atoms with Crippen molar-refractivity contribution in [3.05, 3.63) is 22.5 Å². The Hall–Kier alpha value is -1.03. The Kier molecular flexibility index (Phi) is 2.89. The molecule has 56 valence electrons. The maximum atomic E-state index is 10.6. The molecule has 0 saturated heterocycles. The summed E-state index contributed by atoms with van der Waals surface area (Å²) in [4.78, 5) is 10.6. The number of nitrogens with zero attached hydrogens (tertiary/aromatic N) is 2. The minimum Gasteiger partial charge on any atom is -0.382 e. The SMILES string of the molecule is Cl.Cn1nc(N)ccc1=O. The molecule has 0 atom stereocenters.